The number of fused-ring (bicyclic) bond motifs is 1. The van der Waals surface area contributed by atoms with Crippen molar-refractivity contribution in [3.63, 3.8) is 0 Å². The molecule has 3 rings (SSSR count). The Hall–Kier alpha value is -2.85. The first-order valence-corrected chi connectivity index (χ1v) is 8.53. The van der Waals surface area contributed by atoms with Crippen LogP contribution >= 0.6 is 11.6 Å². The minimum absolute atomic E-state index is 0.477. The van der Waals surface area contributed by atoms with Crippen molar-refractivity contribution in [1.29, 1.82) is 0 Å². The third-order valence-corrected chi connectivity index (χ3v) is 4.21. The zero-order chi connectivity index (χ0) is 18.7. The lowest BCUT2D eigenvalue weighted by Crippen LogP contribution is -2.37. The number of carboxylic acids is 1. The van der Waals surface area contributed by atoms with Crippen molar-refractivity contribution in [3.8, 4) is 5.75 Å². The van der Waals surface area contributed by atoms with E-state index in [2.05, 4.69) is 4.98 Å². The van der Waals surface area contributed by atoms with Gasteiger partial charge in [-0.25, -0.2) is 4.98 Å². The Balaban J connectivity index is 1.88. The van der Waals surface area contributed by atoms with Gasteiger partial charge in [0.25, 0.3) is 0 Å². The summed E-state index contributed by atoms with van der Waals surface area (Å²) in [4.78, 5) is 15.4. The summed E-state index contributed by atoms with van der Waals surface area (Å²) in [6.07, 6.45) is 0.947. The van der Waals surface area contributed by atoms with Crippen molar-refractivity contribution >= 4 is 40.1 Å². The summed E-state index contributed by atoms with van der Waals surface area (Å²) in [6.45, 7) is 3.40. The number of hydrogen-bond donors (Lipinski definition) is 0. The molecule has 1 atom stereocenters. The van der Waals surface area contributed by atoms with Crippen LogP contribution in [0.5, 0.6) is 5.75 Å². The van der Waals surface area contributed by atoms with E-state index in [0.717, 1.165) is 27.7 Å². The van der Waals surface area contributed by atoms with Crippen molar-refractivity contribution < 1.29 is 14.6 Å². The average molecular weight is 367 g/mol. The number of aromatic nitrogens is 1. The van der Waals surface area contributed by atoms with Gasteiger partial charge in [-0.05, 0) is 61.4 Å². The highest BCUT2D eigenvalue weighted by molar-refractivity contribution is 6.31. The smallest absolute Gasteiger partial charge is 0.135 e. The summed E-state index contributed by atoms with van der Waals surface area (Å²) < 4.78 is 5.37. The number of rotatable bonds is 5. The van der Waals surface area contributed by atoms with E-state index in [9.17, 15) is 9.90 Å². The number of pyridine rings is 1. The van der Waals surface area contributed by atoms with Gasteiger partial charge < -0.3 is 14.6 Å². The molecule has 0 N–H and O–H groups in total. The van der Waals surface area contributed by atoms with Crippen LogP contribution in [-0.2, 0) is 4.79 Å². The van der Waals surface area contributed by atoms with Crippen molar-refractivity contribution in [2.75, 3.05) is 0 Å². The van der Waals surface area contributed by atoms with E-state index in [-0.39, 0.29) is 0 Å². The fraction of sp³-hybridized carbons (Fsp3) is 0.143. The highest BCUT2D eigenvalue weighted by Gasteiger charge is 2.06. The number of nitrogens with zero attached hydrogens (tertiary/aromatic N) is 1. The minimum Gasteiger partial charge on any atom is -0.546 e. The number of ether oxygens (including phenoxy) is 1. The van der Waals surface area contributed by atoms with E-state index in [1.54, 1.807) is 12.1 Å². The fourth-order valence-corrected chi connectivity index (χ4v) is 2.72. The van der Waals surface area contributed by atoms with Gasteiger partial charge >= 0.3 is 0 Å². The number of aliphatic carboxylic acids is 1. The summed E-state index contributed by atoms with van der Waals surface area (Å²) in [5.74, 6) is -0.771. The Morgan fingerprint density at radius 2 is 1.96 bits per heavy atom. The zero-order valence-electron chi connectivity index (χ0n) is 14.4. The Kier molecular flexibility index (Phi) is 5.24. The number of allylic oxidation sites excluding steroid dienone is 1. The SMILES string of the molecule is CC(=Cc1ccc2ccc(Cl)cc2n1)c1cccc(OC(C)C(=O)[O-])c1. The van der Waals surface area contributed by atoms with Gasteiger partial charge in [0.1, 0.15) is 11.9 Å². The first-order chi connectivity index (χ1) is 12.4. The van der Waals surface area contributed by atoms with Crippen LogP contribution in [0, 0.1) is 0 Å². The molecule has 132 valence electrons. The molecule has 1 heterocycles. The molecule has 0 radical (unpaired) electrons. The molecule has 0 saturated carbocycles. The maximum absolute atomic E-state index is 10.8. The number of benzene rings is 2. The van der Waals surface area contributed by atoms with Crippen molar-refractivity contribution in [2.45, 2.75) is 20.0 Å². The van der Waals surface area contributed by atoms with Crippen molar-refractivity contribution in [1.82, 2.24) is 4.98 Å². The second-order valence-corrected chi connectivity index (χ2v) is 6.44. The summed E-state index contributed by atoms with van der Waals surface area (Å²) in [5.41, 5.74) is 3.54. The number of carboxylic acid groups (broad SMARTS) is 1. The summed E-state index contributed by atoms with van der Waals surface area (Å²) in [7, 11) is 0. The second-order valence-electron chi connectivity index (χ2n) is 6.01. The molecule has 26 heavy (non-hydrogen) atoms. The molecule has 0 spiro atoms. The minimum atomic E-state index is -1.25. The summed E-state index contributed by atoms with van der Waals surface area (Å²) in [6, 6.07) is 16.8. The topological polar surface area (TPSA) is 62.2 Å². The van der Waals surface area contributed by atoms with Crippen LogP contribution in [0.2, 0.25) is 5.02 Å². The number of halogens is 1. The first-order valence-electron chi connectivity index (χ1n) is 8.15. The maximum Gasteiger partial charge on any atom is 0.135 e. The molecule has 1 unspecified atom stereocenters. The van der Waals surface area contributed by atoms with E-state index in [1.807, 2.05) is 55.5 Å². The lowest BCUT2D eigenvalue weighted by Gasteiger charge is -2.16. The summed E-state index contributed by atoms with van der Waals surface area (Å²) >= 11 is 6.04. The van der Waals surface area contributed by atoms with Gasteiger partial charge in [-0.15, -0.1) is 0 Å². The molecular weight excluding hydrogens is 350 g/mol. The van der Waals surface area contributed by atoms with E-state index < -0.39 is 12.1 Å². The number of hydrogen-bond acceptors (Lipinski definition) is 4. The lowest BCUT2D eigenvalue weighted by atomic mass is 10.1. The monoisotopic (exact) mass is 366 g/mol. The van der Waals surface area contributed by atoms with Crippen LogP contribution in [0.15, 0.2) is 54.6 Å². The fourth-order valence-electron chi connectivity index (χ4n) is 2.56. The molecule has 0 bridgehead atoms. The van der Waals surface area contributed by atoms with Gasteiger partial charge in [-0.2, -0.15) is 0 Å². The molecule has 3 aromatic rings. The molecule has 0 aliphatic rings. The van der Waals surface area contributed by atoms with Crippen LogP contribution in [0.4, 0.5) is 0 Å². The molecule has 0 fully saturated rings. The summed E-state index contributed by atoms with van der Waals surface area (Å²) in [5, 5.41) is 12.5. The Morgan fingerprint density at radius 1 is 1.19 bits per heavy atom. The average Bonchev–Trinajstić information content (AvgIpc) is 2.61. The molecule has 4 nitrogen and oxygen atoms in total. The molecule has 0 saturated heterocycles. The molecular formula is C21H17ClNO3-. The highest BCUT2D eigenvalue weighted by Crippen LogP contribution is 2.24. The van der Waals surface area contributed by atoms with Crippen molar-refractivity contribution in [2.24, 2.45) is 0 Å². The van der Waals surface area contributed by atoms with Gasteiger partial charge in [0, 0.05) is 10.4 Å². The van der Waals surface area contributed by atoms with Gasteiger partial charge in [0.15, 0.2) is 0 Å². The molecule has 5 heteroatoms. The van der Waals surface area contributed by atoms with Crippen LogP contribution in [0.3, 0.4) is 0 Å². The highest BCUT2D eigenvalue weighted by atomic mass is 35.5. The van der Waals surface area contributed by atoms with Crippen LogP contribution in [-0.4, -0.2) is 17.1 Å². The van der Waals surface area contributed by atoms with Crippen LogP contribution < -0.4 is 9.84 Å². The van der Waals surface area contributed by atoms with E-state index in [4.69, 9.17) is 16.3 Å². The maximum atomic E-state index is 10.8. The molecule has 0 aliphatic heterocycles. The molecule has 0 aliphatic carbocycles. The number of carbonyl (C=O) groups is 1. The van der Waals surface area contributed by atoms with E-state index in [1.165, 1.54) is 6.92 Å². The van der Waals surface area contributed by atoms with E-state index >= 15 is 0 Å². The second kappa shape index (κ2) is 7.58. The Labute approximate surface area is 156 Å². The normalized spacial score (nSPS) is 12.8. The molecule has 2 aromatic carbocycles. The Bertz CT molecular complexity index is 997. The van der Waals surface area contributed by atoms with Gasteiger partial charge in [-0.3, -0.25) is 0 Å². The quantitative estimate of drug-likeness (QED) is 0.685. The predicted octanol–water partition coefficient (Wildman–Crippen LogP) is 3.97. The standard InChI is InChI=1S/C21H18ClNO3/c1-13(16-4-3-5-19(11-16)26-14(2)21(24)25)10-18-9-7-15-6-8-17(22)12-20(15)23-18/h3-12,14H,1-2H3,(H,24,25)/p-1. The third-order valence-electron chi connectivity index (χ3n) is 3.97. The van der Waals surface area contributed by atoms with Crippen molar-refractivity contribution in [3.05, 3.63) is 70.9 Å². The van der Waals surface area contributed by atoms with Gasteiger partial charge in [-0.1, -0.05) is 35.9 Å². The van der Waals surface area contributed by atoms with Gasteiger partial charge in [0.2, 0.25) is 0 Å². The van der Waals surface area contributed by atoms with Crippen LogP contribution in [0.25, 0.3) is 22.6 Å². The molecule has 1 aromatic heterocycles. The van der Waals surface area contributed by atoms with Crippen LogP contribution in [0.1, 0.15) is 25.1 Å². The lowest BCUT2D eigenvalue weighted by molar-refractivity contribution is -0.312. The zero-order valence-corrected chi connectivity index (χ0v) is 15.2. The predicted molar refractivity (Wildman–Crippen MR) is 102 cm³/mol. The molecule has 0 amide bonds. The number of carbonyl (C=O) groups excluding carboxylic acids is 1. The third kappa shape index (κ3) is 4.21. The Morgan fingerprint density at radius 3 is 2.73 bits per heavy atom. The largest absolute Gasteiger partial charge is 0.546 e. The van der Waals surface area contributed by atoms with Gasteiger partial charge in [0.05, 0.1) is 17.2 Å². The first kappa shape index (κ1) is 18.0. The van der Waals surface area contributed by atoms with E-state index in [0.29, 0.717) is 10.8 Å².